The Morgan fingerprint density at radius 3 is 2.50 bits per heavy atom. The molecule has 0 aliphatic carbocycles. The monoisotopic (exact) mass is 165 g/mol. The molecule has 1 atom stereocenters. The molecule has 0 spiro atoms. The number of nitrogens with two attached hydrogens (primary N) is 1. The van der Waals surface area contributed by atoms with Crippen molar-refractivity contribution >= 4 is 0 Å². The highest BCUT2D eigenvalue weighted by molar-refractivity contribution is 5.37. The van der Waals surface area contributed by atoms with E-state index in [4.69, 9.17) is 10.5 Å². The zero-order valence-electron chi connectivity index (χ0n) is 7.79. The van der Waals surface area contributed by atoms with E-state index >= 15 is 0 Å². The molecule has 0 fully saturated rings. The third kappa shape index (κ3) is 1.77. The van der Waals surface area contributed by atoms with Crippen molar-refractivity contribution < 1.29 is 4.74 Å². The highest BCUT2D eigenvalue weighted by Gasteiger charge is 2.02. The smallest absolute Gasteiger partial charge is 0.121 e. The molecule has 66 valence electrons. The fourth-order valence-electron chi connectivity index (χ4n) is 1.18. The summed E-state index contributed by atoms with van der Waals surface area (Å²) in [5.74, 6) is 0.916. The zero-order chi connectivity index (χ0) is 9.14. The van der Waals surface area contributed by atoms with E-state index in [-0.39, 0.29) is 6.04 Å². The van der Waals surface area contributed by atoms with Gasteiger partial charge in [-0.15, -0.1) is 0 Å². The molecule has 2 nitrogen and oxygen atoms in total. The summed E-state index contributed by atoms with van der Waals surface area (Å²) in [5.41, 5.74) is 8.01. The summed E-state index contributed by atoms with van der Waals surface area (Å²) < 4.78 is 5.14. The lowest BCUT2D eigenvalue weighted by Gasteiger charge is -2.09. The van der Waals surface area contributed by atoms with E-state index < -0.39 is 0 Å². The molecule has 0 saturated heterocycles. The number of hydrogen-bond acceptors (Lipinski definition) is 2. The van der Waals surface area contributed by atoms with Crippen LogP contribution in [0, 0.1) is 6.92 Å². The summed E-state index contributed by atoms with van der Waals surface area (Å²) >= 11 is 0. The number of methoxy groups -OCH3 is 1. The Hall–Kier alpha value is -1.02. The lowest BCUT2D eigenvalue weighted by atomic mass is 10.1. The lowest BCUT2D eigenvalue weighted by molar-refractivity contribution is 0.411. The van der Waals surface area contributed by atoms with Crippen molar-refractivity contribution in [2.75, 3.05) is 7.11 Å². The minimum absolute atomic E-state index is 0.0922. The van der Waals surface area contributed by atoms with Crippen LogP contribution in [0.25, 0.3) is 0 Å². The summed E-state index contributed by atoms with van der Waals surface area (Å²) in [5, 5.41) is 0. The van der Waals surface area contributed by atoms with Crippen molar-refractivity contribution in [1.82, 2.24) is 0 Å². The average Bonchev–Trinajstić information content (AvgIpc) is 2.04. The molecule has 0 heterocycles. The molecule has 0 unspecified atom stereocenters. The van der Waals surface area contributed by atoms with Gasteiger partial charge in [0.25, 0.3) is 0 Å². The predicted molar refractivity (Wildman–Crippen MR) is 50.3 cm³/mol. The Bertz CT molecular complexity index is 269. The molecule has 0 bridgehead atoms. The molecule has 0 radical (unpaired) electrons. The maximum Gasteiger partial charge on any atom is 0.121 e. The molecule has 12 heavy (non-hydrogen) atoms. The molecule has 1 aromatic carbocycles. The minimum atomic E-state index is 0.0922. The van der Waals surface area contributed by atoms with Crippen molar-refractivity contribution in [3.8, 4) is 5.75 Å². The van der Waals surface area contributed by atoms with Crippen molar-refractivity contribution in [1.29, 1.82) is 0 Å². The van der Waals surface area contributed by atoms with Crippen molar-refractivity contribution in [2.24, 2.45) is 5.73 Å². The summed E-state index contributed by atoms with van der Waals surface area (Å²) in [7, 11) is 1.67. The van der Waals surface area contributed by atoms with E-state index in [1.54, 1.807) is 7.11 Å². The van der Waals surface area contributed by atoms with Gasteiger partial charge in [-0.05, 0) is 31.0 Å². The second-order valence-corrected chi connectivity index (χ2v) is 3.02. The molecular weight excluding hydrogens is 150 g/mol. The van der Waals surface area contributed by atoms with E-state index in [9.17, 15) is 0 Å². The number of benzene rings is 1. The van der Waals surface area contributed by atoms with E-state index in [0.29, 0.717) is 0 Å². The molecule has 1 rings (SSSR count). The summed E-state index contributed by atoms with van der Waals surface area (Å²) in [6.07, 6.45) is 0. The maximum absolute atomic E-state index is 5.73. The van der Waals surface area contributed by atoms with Gasteiger partial charge >= 0.3 is 0 Å². The standard InChI is InChI=1S/C10H15NO/c1-7-6-9(8(2)11)4-5-10(7)12-3/h4-6,8H,11H2,1-3H3/t8-/m0/s1. The second-order valence-electron chi connectivity index (χ2n) is 3.02. The Balaban J connectivity index is 3.02. The van der Waals surface area contributed by atoms with Gasteiger partial charge in [-0.1, -0.05) is 12.1 Å². The molecule has 1 aromatic rings. The SMILES string of the molecule is COc1ccc([C@H](C)N)cc1C. The van der Waals surface area contributed by atoms with Gasteiger partial charge in [0.05, 0.1) is 7.11 Å². The number of rotatable bonds is 2. The van der Waals surface area contributed by atoms with Crippen LogP contribution in [0.5, 0.6) is 5.75 Å². The van der Waals surface area contributed by atoms with Gasteiger partial charge in [0.2, 0.25) is 0 Å². The van der Waals surface area contributed by atoms with Gasteiger partial charge in [-0.2, -0.15) is 0 Å². The predicted octanol–water partition coefficient (Wildman–Crippen LogP) is 2.02. The molecule has 0 amide bonds. The number of aryl methyl sites for hydroxylation is 1. The van der Waals surface area contributed by atoms with Crippen LogP contribution in [0.15, 0.2) is 18.2 Å². The fourth-order valence-corrected chi connectivity index (χ4v) is 1.18. The third-order valence-electron chi connectivity index (χ3n) is 1.94. The molecule has 2 N–H and O–H groups in total. The summed E-state index contributed by atoms with van der Waals surface area (Å²) in [6.45, 7) is 3.99. The van der Waals surface area contributed by atoms with Crippen LogP contribution in [0.2, 0.25) is 0 Å². The van der Waals surface area contributed by atoms with E-state index in [0.717, 1.165) is 16.9 Å². The highest BCUT2D eigenvalue weighted by Crippen LogP contribution is 2.20. The normalized spacial score (nSPS) is 12.7. The first-order valence-corrected chi connectivity index (χ1v) is 4.05. The minimum Gasteiger partial charge on any atom is -0.496 e. The van der Waals surface area contributed by atoms with Gasteiger partial charge in [0.1, 0.15) is 5.75 Å². The topological polar surface area (TPSA) is 35.2 Å². The van der Waals surface area contributed by atoms with E-state index in [2.05, 4.69) is 6.07 Å². The van der Waals surface area contributed by atoms with Crippen LogP contribution >= 0.6 is 0 Å². The van der Waals surface area contributed by atoms with Crippen LogP contribution in [0.1, 0.15) is 24.1 Å². The van der Waals surface area contributed by atoms with Crippen molar-refractivity contribution in [3.63, 3.8) is 0 Å². The van der Waals surface area contributed by atoms with Gasteiger partial charge in [-0.25, -0.2) is 0 Å². The van der Waals surface area contributed by atoms with Crippen molar-refractivity contribution in [3.05, 3.63) is 29.3 Å². The molecule has 0 aromatic heterocycles. The Labute approximate surface area is 73.3 Å². The van der Waals surface area contributed by atoms with Crippen LogP contribution in [-0.2, 0) is 0 Å². The van der Waals surface area contributed by atoms with Crippen LogP contribution in [-0.4, -0.2) is 7.11 Å². The van der Waals surface area contributed by atoms with Gasteiger partial charge in [0.15, 0.2) is 0 Å². The van der Waals surface area contributed by atoms with E-state index in [1.807, 2.05) is 26.0 Å². The largest absolute Gasteiger partial charge is 0.496 e. The molecule has 0 saturated carbocycles. The first-order chi connectivity index (χ1) is 5.65. The van der Waals surface area contributed by atoms with Crippen molar-refractivity contribution in [2.45, 2.75) is 19.9 Å². The summed E-state index contributed by atoms with van der Waals surface area (Å²) in [4.78, 5) is 0. The number of hydrogen-bond donors (Lipinski definition) is 1. The molecule has 0 aliphatic rings. The quantitative estimate of drug-likeness (QED) is 0.727. The van der Waals surface area contributed by atoms with Gasteiger partial charge in [-0.3, -0.25) is 0 Å². The highest BCUT2D eigenvalue weighted by atomic mass is 16.5. The third-order valence-corrected chi connectivity index (χ3v) is 1.94. The summed E-state index contributed by atoms with van der Waals surface area (Å²) in [6, 6.07) is 6.10. The van der Waals surface area contributed by atoms with Gasteiger partial charge in [0, 0.05) is 6.04 Å². The average molecular weight is 165 g/mol. The first kappa shape index (κ1) is 9.07. The zero-order valence-corrected chi connectivity index (χ0v) is 7.79. The maximum atomic E-state index is 5.73. The lowest BCUT2D eigenvalue weighted by Crippen LogP contribution is -2.05. The second kappa shape index (κ2) is 3.59. The Morgan fingerprint density at radius 2 is 2.08 bits per heavy atom. The first-order valence-electron chi connectivity index (χ1n) is 4.05. The van der Waals surface area contributed by atoms with Crippen LogP contribution in [0.3, 0.4) is 0 Å². The fraction of sp³-hybridized carbons (Fsp3) is 0.400. The Morgan fingerprint density at radius 1 is 1.42 bits per heavy atom. The Kier molecular flexibility index (Phi) is 2.71. The van der Waals surface area contributed by atoms with Crippen LogP contribution < -0.4 is 10.5 Å². The van der Waals surface area contributed by atoms with Crippen LogP contribution in [0.4, 0.5) is 0 Å². The van der Waals surface area contributed by atoms with Gasteiger partial charge < -0.3 is 10.5 Å². The number of ether oxygens (including phenoxy) is 1. The molecule has 0 aliphatic heterocycles. The van der Waals surface area contributed by atoms with E-state index in [1.165, 1.54) is 0 Å². The molecule has 2 heteroatoms. The molecular formula is C10H15NO.